The number of hydrogen-bond acceptors (Lipinski definition) is 3. The molecule has 0 aliphatic heterocycles. The highest BCUT2D eigenvalue weighted by atomic mass is 32.2. The van der Waals surface area contributed by atoms with Crippen LogP contribution in [0.4, 0.5) is 10.1 Å². The maximum Gasteiger partial charge on any atom is 0.241 e. The summed E-state index contributed by atoms with van der Waals surface area (Å²) in [5.74, 6) is -0.220. The Morgan fingerprint density at radius 1 is 1.33 bits per heavy atom. The molecule has 0 saturated heterocycles. The zero-order chi connectivity index (χ0) is 15.6. The predicted octanol–water partition coefficient (Wildman–Crippen LogP) is 2.96. The van der Waals surface area contributed by atoms with Crippen LogP contribution in [0, 0.1) is 18.7 Å². The molecule has 0 heterocycles. The second kappa shape index (κ2) is 6.32. The maximum atomic E-state index is 13.4. The lowest BCUT2D eigenvalue weighted by atomic mass is 9.83. The standard InChI is InChI=1S/C15H23FN2O2S/c1-3-11-6-4-5-7-14(11)18-21(19,20)15-9-13(17)12(16)8-10(15)2/h8-9,11,14,18H,3-7,17H2,1-2H3. The van der Waals surface area contributed by atoms with E-state index >= 15 is 0 Å². The largest absolute Gasteiger partial charge is 0.396 e. The summed E-state index contributed by atoms with van der Waals surface area (Å²) in [4.78, 5) is 0.0711. The van der Waals surface area contributed by atoms with Gasteiger partial charge in [-0.2, -0.15) is 0 Å². The van der Waals surface area contributed by atoms with Crippen LogP contribution in [0.5, 0.6) is 0 Å². The molecule has 1 aromatic carbocycles. The Morgan fingerprint density at radius 3 is 2.67 bits per heavy atom. The van der Waals surface area contributed by atoms with Gasteiger partial charge in [-0.05, 0) is 43.4 Å². The highest BCUT2D eigenvalue weighted by molar-refractivity contribution is 7.89. The van der Waals surface area contributed by atoms with E-state index in [1.165, 1.54) is 12.1 Å². The third-order valence-electron chi connectivity index (χ3n) is 4.32. The number of halogens is 1. The van der Waals surface area contributed by atoms with Gasteiger partial charge in [-0.25, -0.2) is 17.5 Å². The molecule has 1 saturated carbocycles. The fourth-order valence-electron chi connectivity index (χ4n) is 3.07. The lowest BCUT2D eigenvalue weighted by Gasteiger charge is -2.31. The normalized spacial score (nSPS) is 23.2. The summed E-state index contributed by atoms with van der Waals surface area (Å²) in [5.41, 5.74) is 5.74. The molecule has 118 valence electrons. The van der Waals surface area contributed by atoms with E-state index in [9.17, 15) is 12.8 Å². The molecule has 1 aliphatic rings. The molecule has 0 amide bonds. The highest BCUT2D eigenvalue weighted by Gasteiger charge is 2.29. The van der Waals surface area contributed by atoms with Gasteiger partial charge < -0.3 is 5.73 Å². The second-order valence-corrected chi connectivity index (χ2v) is 7.50. The molecular formula is C15H23FN2O2S. The minimum absolute atomic E-state index is 0.0422. The second-order valence-electron chi connectivity index (χ2n) is 5.82. The molecule has 0 bridgehead atoms. The minimum atomic E-state index is -3.67. The van der Waals surface area contributed by atoms with Crippen LogP contribution >= 0.6 is 0 Å². The number of anilines is 1. The minimum Gasteiger partial charge on any atom is -0.396 e. The molecule has 4 nitrogen and oxygen atoms in total. The summed E-state index contributed by atoms with van der Waals surface area (Å²) in [6, 6.07) is 2.33. The summed E-state index contributed by atoms with van der Waals surface area (Å²) in [5, 5.41) is 0. The molecule has 0 aromatic heterocycles. The topological polar surface area (TPSA) is 72.2 Å². The van der Waals surface area contributed by atoms with Gasteiger partial charge in [-0.3, -0.25) is 0 Å². The first-order valence-electron chi connectivity index (χ1n) is 7.43. The fourth-order valence-corrected chi connectivity index (χ4v) is 4.67. The number of rotatable bonds is 4. The smallest absolute Gasteiger partial charge is 0.241 e. The molecule has 1 aliphatic carbocycles. The van der Waals surface area contributed by atoms with Crippen LogP contribution in [-0.2, 0) is 10.0 Å². The first-order valence-corrected chi connectivity index (χ1v) is 8.91. The number of hydrogen-bond donors (Lipinski definition) is 2. The van der Waals surface area contributed by atoms with E-state index in [4.69, 9.17) is 5.73 Å². The van der Waals surface area contributed by atoms with E-state index in [0.717, 1.165) is 32.1 Å². The monoisotopic (exact) mass is 314 g/mol. The first-order chi connectivity index (χ1) is 9.85. The molecule has 2 unspecified atom stereocenters. The van der Waals surface area contributed by atoms with Crippen LogP contribution in [0.1, 0.15) is 44.6 Å². The van der Waals surface area contributed by atoms with Gasteiger partial charge in [0, 0.05) is 6.04 Å². The van der Waals surface area contributed by atoms with Gasteiger partial charge in [0.1, 0.15) is 5.82 Å². The molecule has 0 radical (unpaired) electrons. The van der Waals surface area contributed by atoms with Crippen molar-refractivity contribution in [3.63, 3.8) is 0 Å². The third kappa shape index (κ3) is 3.55. The van der Waals surface area contributed by atoms with Crippen molar-refractivity contribution in [2.75, 3.05) is 5.73 Å². The van der Waals surface area contributed by atoms with Crippen molar-refractivity contribution in [2.24, 2.45) is 5.92 Å². The SMILES string of the molecule is CCC1CCCCC1NS(=O)(=O)c1cc(N)c(F)cc1C. The van der Waals surface area contributed by atoms with Gasteiger partial charge in [0.05, 0.1) is 10.6 Å². The molecule has 0 spiro atoms. The predicted molar refractivity (Wildman–Crippen MR) is 81.9 cm³/mol. The van der Waals surface area contributed by atoms with Crippen molar-refractivity contribution >= 4 is 15.7 Å². The summed E-state index contributed by atoms with van der Waals surface area (Å²) in [7, 11) is -3.67. The number of nitrogens with one attached hydrogen (secondary N) is 1. The third-order valence-corrected chi connectivity index (χ3v) is 5.96. The number of nitrogen functional groups attached to an aromatic ring is 1. The molecular weight excluding hydrogens is 291 g/mol. The van der Waals surface area contributed by atoms with Gasteiger partial charge in [-0.15, -0.1) is 0 Å². The van der Waals surface area contributed by atoms with Crippen molar-refractivity contribution < 1.29 is 12.8 Å². The van der Waals surface area contributed by atoms with Crippen LogP contribution in [0.2, 0.25) is 0 Å². The Morgan fingerprint density at radius 2 is 2.00 bits per heavy atom. The molecule has 6 heteroatoms. The van der Waals surface area contributed by atoms with E-state index < -0.39 is 15.8 Å². The van der Waals surface area contributed by atoms with E-state index in [0.29, 0.717) is 11.5 Å². The first kappa shape index (κ1) is 16.2. The Labute approximate surface area is 126 Å². The molecule has 3 N–H and O–H groups in total. The Hall–Kier alpha value is -1.14. The van der Waals surface area contributed by atoms with Gasteiger partial charge in [-0.1, -0.05) is 26.2 Å². The van der Waals surface area contributed by atoms with Crippen molar-refractivity contribution in [1.82, 2.24) is 4.72 Å². The number of benzene rings is 1. The average molecular weight is 314 g/mol. The fraction of sp³-hybridized carbons (Fsp3) is 0.600. The molecule has 21 heavy (non-hydrogen) atoms. The van der Waals surface area contributed by atoms with Crippen LogP contribution in [0.15, 0.2) is 17.0 Å². The lowest BCUT2D eigenvalue weighted by Crippen LogP contribution is -2.42. The summed E-state index contributed by atoms with van der Waals surface area (Å²) in [6.07, 6.45) is 5.05. The van der Waals surface area contributed by atoms with E-state index in [-0.39, 0.29) is 16.6 Å². The van der Waals surface area contributed by atoms with Crippen LogP contribution < -0.4 is 10.5 Å². The number of sulfonamides is 1. The van der Waals surface area contributed by atoms with Crippen molar-refractivity contribution in [3.8, 4) is 0 Å². The zero-order valence-electron chi connectivity index (χ0n) is 12.5. The van der Waals surface area contributed by atoms with Crippen LogP contribution in [0.25, 0.3) is 0 Å². The number of aryl methyl sites for hydroxylation is 1. The maximum absolute atomic E-state index is 13.4. The van der Waals surface area contributed by atoms with Crippen LogP contribution in [0.3, 0.4) is 0 Å². The van der Waals surface area contributed by atoms with E-state index in [2.05, 4.69) is 11.6 Å². The summed E-state index contributed by atoms with van der Waals surface area (Å²) < 4.78 is 41.3. The Balaban J connectivity index is 2.28. The zero-order valence-corrected chi connectivity index (χ0v) is 13.3. The number of nitrogens with two attached hydrogens (primary N) is 1. The van der Waals surface area contributed by atoms with Gasteiger partial charge >= 0.3 is 0 Å². The Kier molecular flexibility index (Phi) is 4.88. The Bertz CT molecular complexity index is 616. The van der Waals surface area contributed by atoms with Crippen molar-refractivity contribution in [2.45, 2.75) is 56.9 Å². The highest BCUT2D eigenvalue weighted by Crippen LogP contribution is 2.29. The van der Waals surface area contributed by atoms with E-state index in [1.54, 1.807) is 6.92 Å². The quantitative estimate of drug-likeness (QED) is 0.839. The molecule has 2 rings (SSSR count). The van der Waals surface area contributed by atoms with Gasteiger partial charge in [0.25, 0.3) is 0 Å². The van der Waals surface area contributed by atoms with E-state index in [1.807, 2.05) is 0 Å². The molecule has 2 atom stereocenters. The lowest BCUT2D eigenvalue weighted by molar-refractivity contribution is 0.282. The van der Waals surface area contributed by atoms with Crippen molar-refractivity contribution in [1.29, 1.82) is 0 Å². The van der Waals surface area contributed by atoms with Gasteiger partial charge in [0.2, 0.25) is 10.0 Å². The molecule has 1 aromatic rings. The van der Waals surface area contributed by atoms with Crippen LogP contribution in [-0.4, -0.2) is 14.5 Å². The summed E-state index contributed by atoms with van der Waals surface area (Å²) >= 11 is 0. The van der Waals surface area contributed by atoms with Crippen molar-refractivity contribution in [3.05, 3.63) is 23.5 Å². The average Bonchev–Trinajstić information content (AvgIpc) is 2.43. The summed E-state index contributed by atoms with van der Waals surface area (Å²) in [6.45, 7) is 3.66. The molecule has 1 fully saturated rings. The van der Waals surface area contributed by atoms with Gasteiger partial charge in [0.15, 0.2) is 0 Å².